The number of nitrogens with zero attached hydrogens (tertiary/aromatic N) is 2. The summed E-state index contributed by atoms with van der Waals surface area (Å²) >= 11 is 6.65. The molecule has 0 saturated carbocycles. The smallest absolute Gasteiger partial charge is 0.130 e. The van der Waals surface area contributed by atoms with Crippen molar-refractivity contribution in [1.29, 1.82) is 0 Å². The lowest BCUT2D eigenvalue weighted by Gasteiger charge is -1.99. The van der Waals surface area contributed by atoms with Crippen LogP contribution in [0.15, 0.2) is 15.3 Å². The first-order valence-corrected chi connectivity index (χ1v) is 5.50. The van der Waals surface area contributed by atoms with Crippen LogP contribution in [0.3, 0.4) is 0 Å². The molecular formula is C8H10Br2N2. The number of rotatable bonds is 3. The predicted octanol–water partition coefficient (Wildman–Crippen LogP) is 3.34. The summed E-state index contributed by atoms with van der Waals surface area (Å²) in [7, 11) is 0. The second-order valence-corrected chi connectivity index (χ2v) is 4.16. The molecule has 0 radical (unpaired) electrons. The fraction of sp³-hybridized carbons (Fsp3) is 0.500. The third-order valence-electron chi connectivity index (χ3n) is 1.46. The molecule has 0 saturated heterocycles. The minimum atomic E-state index is 0.843. The van der Waals surface area contributed by atoms with E-state index in [-0.39, 0.29) is 0 Å². The van der Waals surface area contributed by atoms with Gasteiger partial charge in [0.1, 0.15) is 15.0 Å². The van der Waals surface area contributed by atoms with E-state index in [1.165, 1.54) is 6.42 Å². The van der Waals surface area contributed by atoms with Crippen molar-refractivity contribution in [3.05, 3.63) is 21.1 Å². The molecule has 0 spiro atoms. The van der Waals surface area contributed by atoms with E-state index in [4.69, 9.17) is 0 Å². The average Bonchev–Trinajstić information content (AvgIpc) is 1.99. The SMILES string of the molecule is CCCCc1nc(Br)cc(Br)n1. The number of unbranched alkanes of at least 4 members (excludes halogenated alkanes) is 1. The van der Waals surface area contributed by atoms with E-state index in [1.807, 2.05) is 6.07 Å². The maximum atomic E-state index is 4.25. The molecule has 66 valence electrons. The predicted molar refractivity (Wildman–Crippen MR) is 56.0 cm³/mol. The molecule has 0 aliphatic heterocycles. The molecule has 4 heteroatoms. The first-order chi connectivity index (χ1) is 5.72. The molecule has 12 heavy (non-hydrogen) atoms. The van der Waals surface area contributed by atoms with Gasteiger partial charge in [-0.1, -0.05) is 13.3 Å². The molecule has 0 fully saturated rings. The molecule has 1 aromatic heterocycles. The van der Waals surface area contributed by atoms with Crippen molar-refractivity contribution in [1.82, 2.24) is 9.97 Å². The lowest BCUT2D eigenvalue weighted by molar-refractivity contribution is 0.746. The van der Waals surface area contributed by atoms with Crippen LogP contribution in [0.5, 0.6) is 0 Å². The van der Waals surface area contributed by atoms with Gasteiger partial charge in [0.15, 0.2) is 0 Å². The number of aromatic nitrogens is 2. The molecule has 1 aromatic rings. The summed E-state index contributed by atoms with van der Waals surface area (Å²) in [6.07, 6.45) is 3.27. The molecule has 1 rings (SSSR count). The zero-order chi connectivity index (χ0) is 8.97. The summed E-state index contributed by atoms with van der Waals surface area (Å²) in [5.74, 6) is 0.901. The molecule has 0 atom stereocenters. The van der Waals surface area contributed by atoms with Crippen molar-refractivity contribution >= 4 is 31.9 Å². The van der Waals surface area contributed by atoms with Gasteiger partial charge in [-0.05, 0) is 38.3 Å². The lowest BCUT2D eigenvalue weighted by Crippen LogP contribution is -1.95. The van der Waals surface area contributed by atoms with Gasteiger partial charge in [-0.15, -0.1) is 0 Å². The van der Waals surface area contributed by atoms with Crippen LogP contribution in [0.1, 0.15) is 25.6 Å². The van der Waals surface area contributed by atoms with Gasteiger partial charge in [0.05, 0.1) is 0 Å². The van der Waals surface area contributed by atoms with E-state index in [0.717, 1.165) is 27.9 Å². The van der Waals surface area contributed by atoms with Gasteiger partial charge in [-0.3, -0.25) is 0 Å². The summed E-state index contributed by atoms with van der Waals surface area (Å²) in [5.41, 5.74) is 0. The molecule has 0 amide bonds. The van der Waals surface area contributed by atoms with Crippen LogP contribution in [-0.2, 0) is 6.42 Å². The Hall–Kier alpha value is 0.0400. The second-order valence-electron chi connectivity index (χ2n) is 2.53. The number of halogens is 2. The Morgan fingerprint density at radius 1 is 1.25 bits per heavy atom. The summed E-state index contributed by atoms with van der Waals surface area (Å²) in [4.78, 5) is 8.49. The third kappa shape index (κ3) is 3.19. The van der Waals surface area contributed by atoms with E-state index in [0.29, 0.717) is 0 Å². The van der Waals surface area contributed by atoms with Crippen LogP contribution < -0.4 is 0 Å². The highest BCUT2D eigenvalue weighted by Gasteiger charge is 1.99. The third-order valence-corrected chi connectivity index (χ3v) is 2.28. The van der Waals surface area contributed by atoms with Crippen molar-refractivity contribution < 1.29 is 0 Å². The molecule has 0 bridgehead atoms. The molecule has 2 nitrogen and oxygen atoms in total. The van der Waals surface area contributed by atoms with Gasteiger partial charge in [0.25, 0.3) is 0 Å². The first-order valence-electron chi connectivity index (χ1n) is 3.91. The largest absolute Gasteiger partial charge is 0.226 e. The number of hydrogen-bond acceptors (Lipinski definition) is 2. The average molecular weight is 294 g/mol. The monoisotopic (exact) mass is 292 g/mol. The van der Waals surface area contributed by atoms with E-state index in [9.17, 15) is 0 Å². The molecule has 0 unspecified atom stereocenters. The maximum absolute atomic E-state index is 4.25. The standard InChI is InChI=1S/C8H10Br2N2/c1-2-3-4-8-11-6(9)5-7(10)12-8/h5H,2-4H2,1H3. The van der Waals surface area contributed by atoms with E-state index in [2.05, 4.69) is 48.8 Å². The highest BCUT2D eigenvalue weighted by molar-refractivity contribution is 9.11. The number of hydrogen-bond donors (Lipinski definition) is 0. The second kappa shape index (κ2) is 4.92. The fourth-order valence-electron chi connectivity index (χ4n) is 0.881. The Kier molecular flexibility index (Phi) is 4.15. The van der Waals surface area contributed by atoms with Crippen LogP contribution in [-0.4, -0.2) is 9.97 Å². The van der Waals surface area contributed by atoms with Crippen molar-refractivity contribution in [3.63, 3.8) is 0 Å². The van der Waals surface area contributed by atoms with Gasteiger partial charge in [0.2, 0.25) is 0 Å². The van der Waals surface area contributed by atoms with Crippen molar-refractivity contribution in [2.24, 2.45) is 0 Å². The quantitative estimate of drug-likeness (QED) is 0.799. The van der Waals surface area contributed by atoms with Gasteiger partial charge in [-0.2, -0.15) is 0 Å². The molecule has 1 heterocycles. The summed E-state index contributed by atoms with van der Waals surface area (Å²) < 4.78 is 1.69. The Morgan fingerprint density at radius 3 is 2.33 bits per heavy atom. The zero-order valence-electron chi connectivity index (χ0n) is 6.85. The molecule has 0 aliphatic rings. The Balaban J connectivity index is 2.72. The highest BCUT2D eigenvalue weighted by Crippen LogP contribution is 2.13. The maximum Gasteiger partial charge on any atom is 0.130 e. The summed E-state index contributed by atoms with van der Waals surface area (Å²) in [6, 6.07) is 1.84. The van der Waals surface area contributed by atoms with Gasteiger partial charge in [0, 0.05) is 12.5 Å². The minimum absolute atomic E-state index is 0.843. The first kappa shape index (κ1) is 10.1. The van der Waals surface area contributed by atoms with E-state index >= 15 is 0 Å². The number of aryl methyl sites for hydroxylation is 1. The van der Waals surface area contributed by atoms with E-state index in [1.54, 1.807) is 0 Å². The van der Waals surface area contributed by atoms with Crippen LogP contribution in [0.2, 0.25) is 0 Å². The topological polar surface area (TPSA) is 25.8 Å². The van der Waals surface area contributed by atoms with Crippen molar-refractivity contribution in [2.75, 3.05) is 0 Å². The van der Waals surface area contributed by atoms with Crippen molar-refractivity contribution in [3.8, 4) is 0 Å². The Morgan fingerprint density at radius 2 is 1.83 bits per heavy atom. The van der Waals surface area contributed by atoms with Gasteiger partial charge < -0.3 is 0 Å². The van der Waals surface area contributed by atoms with Crippen LogP contribution in [0, 0.1) is 0 Å². The summed E-state index contributed by atoms with van der Waals surface area (Å²) in [6.45, 7) is 2.16. The van der Waals surface area contributed by atoms with E-state index < -0.39 is 0 Å². The van der Waals surface area contributed by atoms with Gasteiger partial charge >= 0.3 is 0 Å². The summed E-state index contributed by atoms with van der Waals surface area (Å²) in [5, 5.41) is 0. The highest BCUT2D eigenvalue weighted by atomic mass is 79.9. The molecule has 0 N–H and O–H groups in total. The van der Waals surface area contributed by atoms with Gasteiger partial charge in [-0.25, -0.2) is 9.97 Å². The van der Waals surface area contributed by atoms with Crippen molar-refractivity contribution in [2.45, 2.75) is 26.2 Å². The minimum Gasteiger partial charge on any atom is -0.226 e. The lowest BCUT2D eigenvalue weighted by atomic mass is 10.2. The van der Waals surface area contributed by atoms with Crippen LogP contribution in [0.25, 0.3) is 0 Å². The Bertz CT molecular complexity index is 243. The normalized spacial score (nSPS) is 10.2. The molecule has 0 aromatic carbocycles. The fourth-order valence-corrected chi connectivity index (χ4v) is 2.03. The molecular weight excluding hydrogens is 284 g/mol. The zero-order valence-corrected chi connectivity index (χ0v) is 10.0. The van der Waals surface area contributed by atoms with Crippen LogP contribution in [0.4, 0.5) is 0 Å². The molecule has 0 aliphatic carbocycles. The van der Waals surface area contributed by atoms with Crippen LogP contribution >= 0.6 is 31.9 Å². The Labute approximate surface area is 89.1 Å².